The maximum Gasteiger partial charge on any atom is -0.00674 e. The van der Waals surface area contributed by atoms with E-state index in [4.69, 9.17) is 0 Å². The number of benzene rings is 1. The minimum absolute atomic E-state index is 1.23. The van der Waals surface area contributed by atoms with Gasteiger partial charge in [-0.3, -0.25) is 0 Å². The highest BCUT2D eigenvalue weighted by Crippen LogP contribution is 2.10. The summed E-state index contributed by atoms with van der Waals surface area (Å²) in [5.41, 5.74) is 1.45. The summed E-state index contributed by atoms with van der Waals surface area (Å²) >= 11 is 2.11. The van der Waals surface area contributed by atoms with Crippen LogP contribution in [0.5, 0.6) is 0 Å². The number of thioether (sulfide) groups is 1. The van der Waals surface area contributed by atoms with Gasteiger partial charge in [-0.2, -0.15) is 11.8 Å². The molecule has 1 rings (SSSR count). The van der Waals surface area contributed by atoms with Gasteiger partial charge in [0, 0.05) is 0 Å². The molecule has 0 amide bonds. The normalized spacial score (nSPS) is 10.5. The topological polar surface area (TPSA) is 0 Å². The smallest absolute Gasteiger partial charge is 0.00674 e. The third-order valence-corrected chi connectivity index (χ3v) is 3.59. The van der Waals surface area contributed by atoms with E-state index in [9.17, 15) is 0 Å². The molecule has 1 aromatic rings. The van der Waals surface area contributed by atoms with Crippen molar-refractivity contribution in [2.24, 2.45) is 0 Å². The van der Waals surface area contributed by atoms with Gasteiger partial charge in [-0.25, -0.2) is 0 Å². The van der Waals surface area contributed by atoms with Gasteiger partial charge in [-0.05, 0) is 48.8 Å². The second-order valence-electron chi connectivity index (χ2n) is 3.83. The van der Waals surface area contributed by atoms with Gasteiger partial charge in [0.1, 0.15) is 0 Å². The Hall–Kier alpha value is -0.430. The first-order valence-corrected chi connectivity index (χ1v) is 7.11. The minimum Gasteiger partial charge on any atom is -0.162 e. The zero-order valence-corrected chi connectivity index (χ0v) is 10.5. The molecule has 0 atom stereocenters. The first-order chi connectivity index (χ1) is 7.43. The highest BCUT2D eigenvalue weighted by molar-refractivity contribution is 7.99. The average molecular weight is 221 g/mol. The summed E-state index contributed by atoms with van der Waals surface area (Å²) in [5, 5.41) is 0. The molecule has 1 heteroatoms. The highest BCUT2D eigenvalue weighted by Gasteiger charge is 1.93. The Balaban J connectivity index is 1.93. The van der Waals surface area contributed by atoms with Gasteiger partial charge < -0.3 is 0 Å². The molecular formula is C14H21S. The Morgan fingerprint density at radius 3 is 2.53 bits per heavy atom. The molecule has 83 valence electrons. The lowest BCUT2D eigenvalue weighted by molar-refractivity contribution is 0.801. The van der Waals surface area contributed by atoms with Crippen LogP contribution in [0, 0.1) is 6.07 Å². The van der Waals surface area contributed by atoms with Crippen molar-refractivity contribution in [3.8, 4) is 0 Å². The zero-order chi connectivity index (χ0) is 10.8. The van der Waals surface area contributed by atoms with Crippen molar-refractivity contribution in [2.45, 2.75) is 39.0 Å². The van der Waals surface area contributed by atoms with Crippen molar-refractivity contribution in [3.63, 3.8) is 0 Å². The van der Waals surface area contributed by atoms with E-state index >= 15 is 0 Å². The van der Waals surface area contributed by atoms with Crippen molar-refractivity contribution >= 4 is 11.8 Å². The SMILES string of the molecule is CCCCSCCCCc1cc[c]cc1. The van der Waals surface area contributed by atoms with Crippen molar-refractivity contribution in [1.82, 2.24) is 0 Å². The Kier molecular flexibility index (Phi) is 7.45. The molecule has 0 saturated carbocycles. The molecule has 0 N–H and O–H groups in total. The number of hydrogen-bond acceptors (Lipinski definition) is 1. The summed E-state index contributed by atoms with van der Waals surface area (Å²) in [6, 6.07) is 11.4. The molecule has 1 aromatic carbocycles. The predicted octanol–water partition coefficient (Wildman–Crippen LogP) is 4.34. The quantitative estimate of drug-likeness (QED) is 0.588. The third-order valence-electron chi connectivity index (χ3n) is 2.43. The molecule has 0 fully saturated rings. The molecule has 0 aromatic heterocycles. The van der Waals surface area contributed by atoms with Crippen LogP contribution >= 0.6 is 11.8 Å². The van der Waals surface area contributed by atoms with Gasteiger partial charge in [0.05, 0.1) is 0 Å². The van der Waals surface area contributed by atoms with Crippen LogP contribution in [0.2, 0.25) is 0 Å². The first kappa shape index (κ1) is 12.6. The third kappa shape index (κ3) is 6.62. The molecule has 1 radical (unpaired) electrons. The van der Waals surface area contributed by atoms with Gasteiger partial charge in [0.15, 0.2) is 0 Å². The van der Waals surface area contributed by atoms with Crippen LogP contribution in [0.25, 0.3) is 0 Å². The Morgan fingerprint density at radius 2 is 1.80 bits per heavy atom. The summed E-state index contributed by atoms with van der Waals surface area (Å²) in [6.07, 6.45) is 6.60. The lowest BCUT2D eigenvalue weighted by Crippen LogP contribution is -1.88. The number of unbranched alkanes of at least 4 members (excludes halogenated alkanes) is 2. The van der Waals surface area contributed by atoms with E-state index < -0.39 is 0 Å². The monoisotopic (exact) mass is 221 g/mol. The Morgan fingerprint density at radius 1 is 1.07 bits per heavy atom. The number of hydrogen-bond donors (Lipinski definition) is 0. The van der Waals surface area contributed by atoms with E-state index in [2.05, 4.69) is 36.9 Å². The molecule has 0 heterocycles. The molecule has 15 heavy (non-hydrogen) atoms. The number of aryl methyl sites for hydroxylation is 1. The fourth-order valence-electron chi connectivity index (χ4n) is 1.47. The van der Waals surface area contributed by atoms with E-state index in [1.54, 1.807) is 0 Å². The van der Waals surface area contributed by atoms with Crippen molar-refractivity contribution in [3.05, 3.63) is 35.9 Å². The largest absolute Gasteiger partial charge is 0.162 e. The molecule has 0 unspecified atom stereocenters. The molecule has 0 nitrogen and oxygen atoms in total. The Bertz CT molecular complexity index is 230. The van der Waals surface area contributed by atoms with Crippen LogP contribution in [-0.2, 0) is 6.42 Å². The van der Waals surface area contributed by atoms with Gasteiger partial charge in [0.25, 0.3) is 0 Å². The summed E-state index contributed by atoms with van der Waals surface area (Å²) in [6.45, 7) is 2.26. The fourth-order valence-corrected chi connectivity index (χ4v) is 2.57. The average Bonchev–Trinajstić information content (AvgIpc) is 2.29. The second kappa shape index (κ2) is 8.84. The molecule has 0 spiro atoms. The maximum atomic E-state index is 3.05. The van der Waals surface area contributed by atoms with Crippen LogP contribution in [0.3, 0.4) is 0 Å². The lowest BCUT2D eigenvalue weighted by Gasteiger charge is -2.01. The van der Waals surface area contributed by atoms with Gasteiger partial charge in [-0.1, -0.05) is 37.6 Å². The van der Waals surface area contributed by atoms with Crippen molar-refractivity contribution in [1.29, 1.82) is 0 Å². The molecule has 0 aliphatic rings. The van der Waals surface area contributed by atoms with Crippen LogP contribution < -0.4 is 0 Å². The van der Waals surface area contributed by atoms with Crippen LogP contribution in [0.1, 0.15) is 38.2 Å². The van der Waals surface area contributed by atoms with E-state index in [1.165, 1.54) is 49.2 Å². The molecule has 0 aliphatic carbocycles. The van der Waals surface area contributed by atoms with Crippen LogP contribution in [-0.4, -0.2) is 11.5 Å². The lowest BCUT2D eigenvalue weighted by atomic mass is 10.1. The van der Waals surface area contributed by atoms with E-state index in [0.29, 0.717) is 0 Å². The minimum atomic E-state index is 1.23. The molecule has 0 bridgehead atoms. The van der Waals surface area contributed by atoms with Crippen molar-refractivity contribution < 1.29 is 0 Å². The molecule has 0 aliphatic heterocycles. The summed E-state index contributed by atoms with van der Waals surface area (Å²) in [5.74, 6) is 2.68. The standard InChI is InChI=1S/C14H21S/c1-2-3-12-15-13-8-7-11-14-9-5-4-6-10-14/h5-6,9-10H,2-3,7-8,11-13H2,1H3. The second-order valence-corrected chi connectivity index (χ2v) is 5.06. The summed E-state index contributed by atoms with van der Waals surface area (Å²) in [4.78, 5) is 0. The summed E-state index contributed by atoms with van der Waals surface area (Å²) in [7, 11) is 0. The van der Waals surface area contributed by atoms with Gasteiger partial charge >= 0.3 is 0 Å². The highest BCUT2D eigenvalue weighted by atomic mass is 32.2. The van der Waals surface area contributed by atoms with Gasteiger partial charge in [0.2, 0.25) is 0 Å². The van der Waals surface area contributed by atoms with Gasteiger partial charge in [-0.15, -0.1) is 0 Å². The van der Waals surface area contributed by atoms with E-state index in [-0.39, 0.29) is 0 Å². The number of rotatable bonds is 8. The maximum absolute atomic E-state index is 3.05. The van der Waals surface area contributed by atoms with E-state index in [0.717, 1.165) is 0 Å². The Labute approximate surface area is 98.5 Å². The fraction of sp³-hybridized carbons (Fsp3) is 0.571. The zero-order valence-electron chi connectivity index (χ0n) is 9.67. The predicted molar refractivity (Wildman–Crippen MR) is 70.4 cm³/mol. The molecular weight excluding hydrogens is 200 g/mol. The first-order valence-electron chi connectivity index (χ1n) is 5.96. The van der Waals surface area contributed by atoms with Crippen LogP contribution in [0.4, 0.5) is 0 Å². The molecule has 0 saturated heterocycles. The summed E-state index contributed by atoms with van der Waals surface area (Å²) < 4.78 is 0. The van der Waals surface area contributed by atoms with Crippen LogP contribution in [0.15, 0.2) is 24.3 Å². The van der Waals surface area contributed by atoms with Crippen molar-refractivity contribution in [2.75, 3.05) is 11.5 Å². The van der Waals surface area contributed by atoms with E-state index in [1.807, 2.05) is 12.1 Å².